The molecule has 3 heteroatoms. The van der Waals surface area contributed by atoms with Gasteiger partial charge in [0.05, 0.1) is 6.04 Å². The van der Waals surface area contributed by atoms with E-state index >= 15 is 0 Å². The molecule has 2 aromatic carbocycles. The summed E-state index contributed by atoms with van der Waals surface area (Å²) in [4.78, 5) is 2.35. The van der Waals surface area contributed by atoms with E-state index in [1.165, 1.54) is 16.7 Å². The van der Waals surface area contributed by atoms with E-state index in [-0.39, 0.29) is 11.5 Å². The second-order valence-corrected chi connectivity index (χ2v) is 7.46. The number of halogens is 1. The van der Waals surface area contributed by atoms with Crippen molar-refractivity contribution in [2.75, 3.05) is 11.4 Å². The highest BCUT2D eigenvalue weighted by Gasteiger charge is 2.30. The first-order chi connectivity index (χ1) is 10.4. The van der Waals surface area contributed by atoms with Crippen molar-refractivity contribution < 1.29 is 0 Å². The summed E-state index contributed by atoms with van der Waals surface area (Å²) in [6.45, 7) is 8.23. The Morgan fingerprint density at radius 2 is 1.95 bits per heavy atom. The lowest BCUT2D eigenvalue weighted by molar-refractivity contribution is 0.588. The van der Waals surface area contributed by atoms with Crippen LogP contribution in [0.5, 0.6) is 0 Å². The van der Waals surface area contributed by atoms with E-state index in [1.807, 2.05) is 18.2 Å². The molecule has 0 aliphatic carbocycles. The van der Waals surface area contributed by atoms with Gasteiger partial charge in [-0.2, -0.15) is 0 Å². The maximum absolute atomic E-state index is 6.15. The van der Waals surface area contributed by atoms with E-state index in [1.54, 1.807) is 0 Å². The number of nitrogens with two attached hydrogens (primary N) is 1. The van der Waals surface area contributed by atoms with Gasteiger partial charge in [-0.05, 0) is 40.3 Å². The SMILES string of the molecule is CC(C)(C)c1ccc2c(c1)C(CN)N(c1cccc(Cl)c1)C2. The summed E-state index contributed by atoms with van der Waals surface area (Å²) in [5.41, 5.74) is 11.5. The lowest BCUT2D eigenvalue weighted by Crippen LogP contribution is -2.27. The molecule has 1 aliphatic rings. The summed E-state index contributed by atoms with van der Waals surface area (Å²) in [6, 6.07) is 15.1. The van der Waals surface area contributed by atoms with E-state index in [0.717, 1.165) is 17.3 Å². The number of hydrogen-bond acceptors (Lipinski definition) is 2. The average Bonchev–Trinajstić information content (AvgIpc) is 2.83. The van der Waals surface area contributed by atoms with Crippen molar-refractivity contribution in [1.29, 1.82) is 0 Å². The Morgan fingerprint density at radius 3 is 2.59 bits per heavy atom. The van der Waals surface area contributed by atoms with Gasteiger partial charge in [-0.25, -0.2) is 0 Å². The molecule has 0 spiro atoms. The molecule has 0 aromatic heterocycles. The van der Waals surface area contributed by atoms with Crippen LogP contribution in [0.1, 0.15) is 43.5 Å². The molecule has 1 unspecified atom stereocenters. The first-order valence-corrected chi connectivity index (χ1v) is 8.13. The zero-order chi connectivity index (χ0) is 15.9. The number of anilines is 1. The van der Waals surface area contributed by atoms with Crippen molar-refractivity contribution in [1.82, 2.24) is 0 Å². The van der Waals surface area contributed by atoms with Crippen molar-refractivity contribution in [3.8, 4) is 0 Å². The summed E-state index contributed by atoms with van der Waals surface area (Å²) in [7, 11) is 0. The van der Waals surface area contributed by atoms with E-state index in [0.29, 0.717) is 6.54 Å². The molecule has 1 aliphatic heterocycles. The molecule has 2 nitrogen and oxygen atoms in total. The summed E-state index contributed by atoms with van der Waals surface area (Å²) >= 11 is 6.15. The van der Waals surface area contributed by atoms with Crippen LogP contribution in [0.3, 0.4) is 0 Å². The Hall–Kier alpha value is -1.51. The van der Waals surface area contributed by atoms with Gasteiger partial charge >= 0.3 is 0 Å². The monoisotopic (exact) mass is 314 g/mol. The summed E-state index contributed by atoms with van der Waals surface area (Å²) < 4.78 is 0. The maximum atomic E-state index is 6.15. The minimum Gasteiger partial charge on any atom is -0.359 e. The van der Waals surface area contributed by atoms with Crippen LogP contribution in [0.4, 0.5) is 5.69 Å². The van der Waals surface area contributed by atoms with E-state index in [2.05, 4.69) is 49.9 Å². The van der Waals surface area contributed by atoms with Gasteiger partial charge in [-0.15, -0.1) is 0 Å². The highest BCUT2D eigenvalue weighted by Crippen LogP contribution is 2.39. The van der Waals surface area contributed by atoms with Gasteiger partial charge in [-0.1, -0.05) is 56.6 Å². The number of rotatable bonds is 2. The van der Waals surface area contributed by atoms with Crippen LogP contribution < -0.4 is 10.6 Å². The third kappa shape index (κ3) is 2.73. The van der Waals surface area contributed by atoms with Gasteiger partial charge < -0.3 is 10.6 Å². The zero-order valence-corrected chi connectivity index (χ0v) is 14.2. The topological polar surface area (TPSA) is 29.3 Å². The van der Waals surface area contributed by atoms with Crippen molar-refractivity contribution in [2.24, 2.45) is 5.73 Å². The van der Waals surface area contributed by atoms with Gasteiger partial charge in [0.25, 0.3) is 0 Å². The van der Waals surface area contributed by atoms with Crippen LogP contribution in [-0.4, -0.2) is 6.54 Å². The predicted octanol–water partition coefficient (Wildman–Crippen LogP) is 4.66. The third-order valence-electron chi connectivity index (χ3n) is 4.45. The van der Waals surface area contributed by atoms with Gasteiger partial charge in [0.1, 0.15) is 0 Å². The molecule has 0 saturated heterocycles. The molecule has 22 heavy (non-hydrogen) atoms. The summed E-state index contributed by atoms with van der Waals surface area (Å²) in [5.74, 6) is 0. The van der Waals surface area contributed by atoms with E-state index in [4.69, 9.17) is 17.3 Å². The molecule has 2 aromatic rings. The fraction of sp³-hybridized carbons (Fsp3) is 0.368. The summed E-state index contributed by atoms with van der Waals surface area (Å²) in [5, 5.41) is 0.764. The second kappa shape index (κ2) is 5.60. The number of fused-ring (bicyclic) bond motifs is 1. The number of hydrogen-bond donors (Lipinski definition) is 1. The third-order valence-corrected chi connectivity index (χ3v) is 4.69. The normalized spacial score (nSPS) is 17.7. The predicted molar refractivity (Wildman–Crippen MR) is 94.6 cm³/mol. The molecule has 116 valence electrons. The molecular formula is C19H23ClN2. The van der Waals surface area contributed by atoms with E-state index in [9.17, 15) is 0 Å². The minimum atomic E-state index is 0.150. The highest BCUT2D eigenvalue weighted by atomic mass is 35.5. The largest absolute Gasteiger partial charge is 0.359 e. The first kappa shape index (κ1) is 15.4. The number of nitrogens with zero attached hydrogens (tertiary/aromatic N) is 1. The number of benzene rings is 2. The Bertz CT molecular complexity index is 688. The molecule has 0 amide bonds. The lowest BCUT2D eigenvalue weighted by atomic mass is 9.85. The Morgan fingerprint density at radius 1 is 1.18 bits per heavy atom. The standard InChI is InChI=1S/C19H23ClN2/c1-19(2,3)14-8-7-13-12-22(18(11-21)17(13)9-14)16-6-4-5-15(20)10-16/h4-10,18H,11-12,21H2,1-3H3. The lowest BCUT2D eigenvalue weighted by Gasteiger charge is -2.27. The highest BCUT2D eigenvalue weighted by molar-refractivity contribution is 6.30. The van der Waals surface area contributed by atoms with Crippen LogP contribution in [0.2, 0.25) is 5.02 Å². The van der Waals surface area contributed by atoms with Crippen LogP contribution in [0, 0.1) is 0 Å². The Kier molecular flexibility index (Phi) is 3.92. The second-order valence-electron chi connectivity index (χ2n) is 7.02. The minimum absolute atomic E-state index is 0.150. The van der Waals surface area contributed by atoms with Crippen LogP contribution in [0.25, 0.3) is 0 Å². The van der Waals surface area contributed by atoms with Crippen molar-refractivity contribution >= 4 is 17.3 Å². The van der Waals surface area contributed by atoms with Crippen molar-refractivity contribution in [3.63, 3.8) is 0 Å². The first-order valence-electron chi connectivity index (χ1n) is 7.76. The zero-order valence-electron chi connectivity index (χ0n) is 13.4. The molecule has 1 heterocycles. The van der Waals surface area contributed by atoms with Crippen molar-refractivity contribution in [3.05, 3.63) is 64.2 Å². The van der Waals surface area contributed by atoms with Crippen molar-refractivity contribution in [2.45, 2.75) is 38.8 Å². The van der Waals surface area contributed by atoms with Gasteiger partial charge in [-0.3, -0.25) is 0 Å². The molecular weight excluding hydrogens is 292 g/mol. The quantitative estimate of drug-likeness (QED) is 0.873. The van der Waals surface area contributed by atoms with Gasteiger partial charge in [0, 0.05) is 23.8 Å². The Labute approximate surface area is 137 Å². The smallest absolute Gasteiger partial charge is 0.0672 e. The van der Waals surface area contributed by atoms with Gasteiger partial charge in [0.2, 0.25) is 0 Å². The molecule has 0 fully saturated rings. The van der Waals surface area contributed by atoms with Crippen LogP contribution in [0.15, 0.2) is 42.5 Å². The molecule has 0 radical (unpaired) electrons. The fourth-order valence-corrected chi connectivity index (χ4v) is 3.34. The molecule has 0 saturated carbocycles. The van der Waals surface area contributed by atoms with Crippen LogP contribution in [-0.2, 0) is 12.0 Å². The summed E-state index contributed by atoms with van der Waals surface area (Å²) in [6.07, 6.45) is 0. The van der Waals surface area contributed by atoms with Gasteiger partial charge in [0.15, 0.2) is 0 Å². The molecule has 3 rings (SSSR count). The Balaban J connectivity index is 2.01. The molecule has 2 N–H and O–H groups in total. The molecule has 0 bridgehead atoms. The maximum Gasteiger partial charge on any atom is 0.0672 e. The average molecular weight is 315 g/mol. The van der Waals surface area contributed by atoms with Crippen LogP contribution >= 0.6 is 11.6 Å². The van der Waals surface area contributed by atoms with E-state index < -0.39 is 0 Å². The molecule has 1 atom stereocenters. The fourth-order valence-electron chi connectivity index (χ4n) is 3.16.